The molecule has 38 heavy (non-hydrogen) atoms. The Hall–Kier alpha value is -3.95. The molecule has 0 saturated heterocycles. The molecule has 1 amide bonds. The maximum atomic E-state index is 15.5. The van der Waals surface area contributed by atoms with Crippen molar-refractivity contribution in [3.05, 3.63) is 70.3 Å². The van der Waals surface area contributed by atoms with Crippen molar-refractivity contribution in [3.8, 4) is 17.2 Å². The lowest BCUT2D eigenvalue weighted by Gasteiger charge is -2.26. The van der Waals surface area contributed by atoms with Crippen LogP contribution in [0, 0.1) is 5.82 Å². The quantitative estimate of drug-likeness (QED) is 0.197. The average molecular weight is 518 g/mol. The van der Waals surface area contributed by atoms with E-state index in [4.69, 9.17) is 4.74 Å². The van der Waals surface area contributed by atoms with Crippen LogP contribution in [0.15, 0.2) is 53.5 Å². The van der Waals surface area contributed by atoms with E-state index in [-0.39, 0.29) is 22.4 Å². The minimum absolute atomic E-state index is 0.0548. The van der Waals surface area contributed by atoms with Gasteiger partial charge < -0.3 is 30.6 Å². The molecule has 0 radical (unpaired) electrons. The predicted octanol–water partition coefficient (Wildman–Crippen LogP) is 4.14. The number of hydrogen-bond acceptors (Lipinski definition) is 6. The van der Waals surface area contributed by atoms with Gasteiger partial charge in [-0.25, -0.2) is 4.39 Å². The number of amides is 1. The monoisotopic (exact) mass is 517 g/mol. The third-order valence-electron chi connectivity index (χ3n) is 6.71. The smallest absolute Gasteiger partial charge is 0.256 e. The van der Waals surface area contributed by atoms with E-state index in [1.807, 2.05) is 36.4 Å². The van der Waals surface area contributed by atoms with Crippen LogP contribution in [0.3, 0.4) is 0 Å². The van der Waals surface area contributed by atoms with Gasteiger partial charge in [0.25, 0.3) is 5.91 Å². The molecular formula is C29H32FN5O3. The van der Waals surface area contributed by atoms with Crippen LogP contribution in [0.2, 0.25) is 0 Å². The number of hydrogen-bond donors (Lipinski definition) is 4. The zero-order chi connectivity index (χ0) is 26.6. The standard InChI is InChI=1S/C29H32FN5O3/c1-3-4-9-32-11-13-33-25-22(30)16-20-26-28(25)38-24-15-19-8-6-5-7-18(19)14-23(24)35(26)17-21(27(20)36)29(37)34-12-10-31-2/h5-8,14-17,31-33H,3-4,9-13H2,1-2H3,(H,34,37). The van der Waals surface area contributed by atoms with Gasteiger partial charge in [0, 0.05) is 32.4 Å². The minimum atomic E-state index is -0.610. The summed E-state index contributed by atoms with van der Waals surface area (Å²) in [4.78, 5) is 26.4. The van der Waals surface area contributed by atoms with Gasteiger partial charge in [-0.1, -0.05) is 37.6 Å². The van der Waals surface area contributed by atoms with Crippen LogP contribution in [0.4, 0.5) is 10.1 Å². The Balaban J connectivity index is 1.65. The van der Waals surface area contributed by atoms with E-state index in [1.165, 1.54) is 12.3 Å². The second kappa shape index (κ2) is 11.2. The molecule has 8 nitrogen and oxygen atoms in total. The Morgan fingerprint density at radius 1 is 1.03 bits per heavy atom. The first-order chi connectivity index (χ1) is 18.5. The van der Waals surface area contributed by atoms with Gasteiger partial charge in [0.2, 0.25) is 5.43 Å². The first kappa shape index (κ1) is 25.7. The number of likely N-dealkylation sites (N-methyl/N-ethyl adjacent to an activating group) is 1. The number of aromatic nitrogens is 1. The molecule has 0 fully saturated rings. The number of carbonyl (C=O) groups is 1. The van der Waals surface area contributed by atoms with E-state index < -0.39 is 17.2 Å². The first-order valence-electron chi connectivity index (χ1n) is 13.0. The number of nitrogens with zero attached hydrogens (tertiary/aromatic N) is 1. The lowest BCUT2D eigenvalue weighted by atomic mass is 10.0. The fraction of sp³-hybridized carbons (Fsp3) is 0.310. The summed E-state index contributed by atoms with van der Waals surface area (Å²) >= 11 is 0. The topological polar surface area (TPSA) is 96.4 Å². The fourth-order valence-electron chi connectivity index (χ4n) is 4.73. The molecule has 9 heteroatoms. The van der Waals surface area contributed by atoms with Crippen LogP contribution in [0.25, 0.3) is 27.4 Å². The molecule has 1 aromatic heterocycles. The highest BCUT2D eigenvalue weighted by molar-refractivity contribution is 6.02. The molecule has 0 bridgehead atoms. The summed E-state index contributed by atoms with van der Waals surface area (Å²) < 4.78 is 23.6. The Morgan fingerprint density at radius 3 is 2.58 bits per heavy atom. The Labute approximate surface area is 220 Å². The van der Waals surface area contributed by atoms with Crippen molar-refractivity contribution in [2.24, 2.45) is 0 Å². The summed E-state index contributed by atoms with van der Waals surface area (Å²) in [7, 11) is 1.78. The maximum Gasteiger partial charge on any atom is 0.256 e. The van der Waals surface area contributed by atoms with Crippen molar-refractivity contribution < 1.29 is 13.9 Å². The van der Waals surface area contributed by atoms with E-state index in [0.29, 0.717) is 43.1 Å². The minimum Gasteiger partial charge on any atom is -0.451 e. The van der Waals surface area contributed by atoms with Crippen LogP contribution in [0.5, 0.6) is 11.5 Å². The van der Waals surface area contributed by atoms with Gasteiger partial charge >= 0.3 is 0 Å². The molecule has 4 aromatic rings. The van der Waals surface area contributed by atoms with E-state index in [2.05, 4.69) is 28.2 Å². The van der Waals surface area contributed by atoms with Crippen molar-refractivity contribution in [1.29, 1.82) is 0 Å². The van der Waals surface area contributed by atoms with Crippen LogP contribution >= 0.6 is 0 Å². The molecule has 0 unspecified atom stereocenters. The van der Waals surface area contributed by atoms with Gasteiger partial charge in [-0.15, -0.1) is 0 Å². The molecule has 2 heterocycles. The second-order valence-electron chi connectivity index (χ2n) is 9.36. The third-order valence-corrected chi connectivity index (χ3v) is 6.71. The van der Waals surface area contributed by atoms with Gasteiger partial charge in [-0.05, 0) is 49.0 Å². The lowest BCUT2D eigenvalue weighted by Crippen LogP contribution is -2.34. The zero-order valence-electron chi connectivity index (χ0n) is 21.6. The third kappa shape index (κ3) is 4.82. The summed E-state index contributed by atoms with van der Waals surface area (Å²) in [6.07, 6.45) is 3.70. The van der Waals surface area contributed by atoms with Gasteiger partial charge in [-0.2, -0.15) is 0 Å². The van der Waals surface area contributed by atoms with Gasteiger partial charge in [0.05, 0.1) is 11.1 Å². The molecule has 1 aliphatic rings. The number of rotatable bonds is 11. The number of ether oxygens (including phenoxy) is 1. The molecule has 0 atom stereocenters. The summed E-state index contributed by atoms with van der Waals surface area (Å²) in [6, 6.07) is 12.9. The number of halogens is 1. The molecule has 0 spiro atoms. The Morgan fingerprint density at radius 2 is 1.82 bits per heavy atom. The maximum absolute atomic E-state index is 15.5. The number of fused-ring (bicyclic) bond motifs is 3. The summed E-state index contributed by atoms with van der Waals surface area (Å²) in [5.74, 6) is -0.373. The van der Waals surface area contributed by atoms with Crippen LogP contribution in [-0.4, -0.2) is 50.2 Å². The van der Waals surface area contributed by atoms with E-state index in [9.17, 15) is 9.59 Å². The highest BCUT2D eigenvalue weighted by Gasteiger charge is 2.28. The van der Waals surface area contributed by atoms with Crippen molar-refractivity contribution in [1.82, 2.24) is 20.5 Å². The van der Waals surface area contributed by atoms with Gasteiger partial charge in [-0.3, -0.25) is 9.59 Å². The molecule has 198 valence electrons. The van der Waals surface area contributed by atoms with Gasteiger partial charge in [0.1, 0.15) is 16.8 Å². The SMILES string of the molecule is CCCCNCCNc1c(F)cc2c(=O)c(C(=O)NCCNC)cn3c2c1Oc1cc2ccccc2cc1-3. The fourth-order valence-corrected chi connectivity index (χ4v) is 4.73. The molecule has 5 rings (SSSR count). The zero-order valence-corrected chi connectivity index (χ0v) is 21.6. The number of carbonyl (C=O) groups excluding carboxylic acids is 1. The molecular weight excluding hydrogens is 485 g/mol. The van der Waals surface area contributed by atoms with Crippen LogP contribution in [-0.2, 0) is 0 Å². The first-order valence-corrected chi connectivity index (χ1v) is 13.0. The number of pyridine rings is 1. The van der Waals surface area contributed by atoms with E-state index in [0.717, 1.165) is 30.2 Å². The average Bonchev–Trinajstić information content (AvgIpc) is 2.92. The van der Waals surface area contributed by atoms with Crippen LogP contribution in [0.1, 0.15) is 30.1 Å². The highest BCUT2D eigenvalue weighted by atomic mass is 19.1. The molecule has 4 N–H and O–H groups in total. The van der Waals surface area contributed by atoms with Crippen LogP contribution < -0.4 is 31.4 Å². The largest absolute Gasteiger partial charge is 0.451 e. The molecule has 0 saturated carbocycles. The van der Waals surface area contributed by atoms with E-state index >= 15 is 4.39 Å². The van der Waals surface area contributed by atoms with Crippen molar-refractivity contribution in [2.75, 3.05) is 45.1 Å². The number of unbranched alkanes of at least 4 members (excludes halogenated alkanes) is 1. The summed E-state index contributed by atoms with van der Waals surface area (Å²) in [6.45, 7) is 5.05. The van der Waals surface area contributed by atoms with Crippen molar-refractivity contribution in [3.63, 3.8) is 0 Å². The van der Waals surface area contributed by atoms with Gasteiger partial charge in [0.15, 0.2) is 17.3 Å². The van der Waals surface area contributed by atoms with E-state index in [1.54, 1.807) is 11.6 Å². The summed E-state index contributed by atoms with van der Waals surface area (Å²) in [5.41, 5.74) is 0.685. The second-order valence-corrected chi connectivity index (χ2v) is 9.36. The number of benzene rings is 3. The molecule has 1 aliphatic heterocycles. The highest BCUT2D eigenvalue weighted by Crippen LogP contribution is 2.46. The van der Waals surface area contributed by atoms with Crippen molar-refractivity contribution >= 4 is 33.3 Å². The Kier molecular flexibility index (Phi) is 7.57. The number of nitrogens with one attached hydrogen (secondary N) is 4. The predicted molar refractivity (Wildman–Crippen MR) is 150 cm³/mol. The normalized spacial score (nSPS) is 11.9. The lowest BCUT2D eigenvalue weighted by molar-refractivity contribution is 0.0952. The molecule has 3 aromatic carbocycles. The number of anilines is 1. The van der Waals surface area contributed by atoms with Crippen molar-refractivity contribution in [2.45, 2.75) is 19.8 Å². The summed E-state index contributed by atoms with van der Waals surface area (Å²) in [5, 5.41) is 14.2. The molecule has 0 aliphatic carbocycles. The Bertz CT molecular complexity index is 1570.